The Morgan fingerprint density at radius 3 is 2.70 bits per heavy atom. The summed E-state index contributed by atoms with van der Waals surface area (Å²) in [5.74, 6) is 2.12. The van der Waals surface area contributed by atoms with Gasteiger partial charge in [-0.2, -0.15) is 0 Å². The van der Waals surface area contributed by atoms with E-state index in [0.717, 1.165) is 11.3 Å². The van der Waals surface area contributed by atoms with Crippen LogP contribution in [-0.4, -0.2) is 5.16 Å². The summed E-state index contributed by atoms with van der Waals surface area (Å²) in [5.41, 5.74) is 6.72. The maximum absolute atomic E-state index is 5.58. The second-order valence-corrected chi connectivity index (χ2v) is 2.81. The summed E-state index contributed by atoms with van der Waals surface area (Å²) in [7, 11) is 0. The van der Waals surface area contributed by atoms with E-state index in [-0.39, 0.29) is 0 Å². The van der Waals surface area contributed by atoms with Crippen molar-refractivity contribution in [3.05, 3.63) is 11.3 Å². The van der Waals surface area contributed by atoms with Gasteiger partial charge >= 0.3 is 0 Å². The highest BCUT2D eigenvalue weighted by Crippen LogP contribution is 2.43. The minimum Gasteiger partial charge on any atom is -0.381 e. The van der Waals surface area contributed by atoms with Crippen LogP contribution in [-0.2, 0) is 0 Å². The highest BCUT2D eigenvalue weighted by Gasteiger charge is 2.29. The molecule has 0 amide bonds. The summed E-state index contributed by atoms with van der Waals surface area (Å²) in [6, 6.07) is 0. The number of nitrogens with zero attached hydrogens (tertiary/aromatic N) is 1. The van der Waals surface area contributed by atoms with E-state index in [0.29, 0.717) is 11.7 Å². The van der Waals surface area contributed by atoms with E-state index in [2.05, 4.69) is 5.16 Å². The monoisotopic (exact) mass is 138 g/mol. The minimum atomic E-state index is 0.583. The Morgan fingerprint density at radius 1 is 1.60 bits per heavy atom. The summed E-state index contributed by atoms with van der Waals surface area (Å²) >= 11 is 0. The number of hydrogen-bond acceptors (Lipinski definition) is 3. The zero-order valence-electron chi connectivity index (χ0n) is 5.92. The Morgan fingerprint density at radius 2 is 2.30 bits per heavy atom. The van der Waals surface area contributed by atoms with Gasteiger partial charge < -0.3 is 10.3 Å². The smallest absolute Gasteiger partial charge is 0.170 e. The molecule has 1 fully saturated rings. The van der Waals surface area contributed by atoms with Crippen molar-refractivity contribution >= 4 is 5.82 Å². The lowest BCUT2D eigenvalue weighted by molar-refractivity contribution is 0.399. The largest absolute Gasteiger partial charge is 0.381 e. The number of hydrogen-bond donors (Lipinski definition) is 1. The van der Waals surface area contributed by atoms with Gasteiger partial charge in [0.05, 0.1) is 0 Å². The number of nitrogens with two attached hydrogens (primary N) is 1. The van der Waals surface area contributed by atoms with Crippen molar-refractivity contribution in [2.24, 2.45) is 0 Å². The molecule has 1 aromatic heterocycles. The van der Waals surface area contributed by atoms with Crippen LogP contribution >= 0.6 is 0 Å². The van der Waals surface area contributed by atoms with Gasteiger partial charge in [0.2, 0.25) is 0 Å². The molecular formula is C7H10N2O. The van der Waals surface area contributed by atoms with Crippen molar-refractivity contribution in [2.45, 2.75) is 25.7 Å². The topological polar surface area (TPSA) is 52.0 Å². The van der Waals surface area contributed by atoms with Gasteiger partial charge in [-0.15, -0.1) is 0 Å². The van der Waals surface area contributed by atoms with E-state index in [4.69, 9.17) is 10.3 Å². The number of anilines is 1. The fourth-order valence-electron chi connectivity index (χ4n) is 1.26. The molecule has 1 aromatic rings. The molecule has 1 saturated carbocycles. The van der Waals surface area contributed by atoms with Crippen LogP contribution in [0.1, 0.15) is 30.1 Å². The Bertz CT molecular complexity index is 231. The van der Waals surface area contributed by atoms with Crippen LogP contribution < -0.4 is 5.73 Å². The molecule has 10 heavy (non-hydrogen) atoms. The molecule has 3 nitrogen and oxygen atoms in total. The molecule has 0 bridgehead atoms. The van der Waals surface area contributed by atoms with Crippen molar-refractivity contribution < 1.29 is 4.52 Å². The number of nitrogen functional groups attached to an aromatic ring is 1. The molecule has 0 aliphatic heterocycles. The molecule has 0 spiro atoms. The Kier molecular flexibility index (Phi) is 1.01. The number of aryl methyl sites for hydroxylation is 1. The average Bonchev–Trinajstić information content (AvgIpc) is 2.64. The SMILES string of the molecule is Cc1onc(N)c1C1CC1. The molecular weight excluding hydrogens is 128 g/mol. The van der Waals surface area contributed by atoms with E-state index in [1.807, 2.05) is 6.92 Å². The van der Waals surface area contributed by atoms with Crippen LogP contribution in [0.25, 0.3) is 0 Å². The molecule has 0 atom stereocenters. The summed E-state index contributed by atoms with van der Waals surface area (Å²) in [4.78, 5) is 0. The standard InChI is InChI=1S/C7H10N2O/c1-4-6(5-2-3-5)7(8)9-10-4/h5H,2-3H2,1H3,(H2,8,9). The van der Waals surface area contributed by atoms with Crippen LogP contribution in [0, 0.1) is 6.92 Å². The highest BCUT2D eigenvalue weighted by atomic mass is 16.5. The second kappa shape index (κ2) is 1.75. The zero-order chi connectivity index (χ0) is 7.14. The van der Waals surface area contributed by atoms with Gasteiger partial charge in [-0.25, -0.2) is 0 Å². The van der Waals surface area contributed by atoms with Gasteiger partial charge in [0.15, 0.2) is 5.82 Å². The first-order chi connectivity index (χ1) is 4.79. The van der Waals surface area contributed by atoms with Crippen LogP contribution in [0.5, 0.6) is 0 Å². The van der Waals surface area contributed by atoms with Crippen molar-refractivity contribution in [3.8, 4) is 0 Å². The van der Waals surface area contributed by atoms with Crippen molar-refractivity contribution in [1.82, 2.24) is 5.16 Å². The molecule has 0 radical (unpaired) electrons. The predicted molar refractivity (Wildman–Crippen MR) is 37.6 cm³/mol. The summed E-state index contributed by atoms with van der Waals surface area (Å²) in [6.07, 6.45) is 2.48. The third-order valence-corrected chi connectivity index (χ3v) is 1.92. The lowest BCUT2D eigenvalue weighted by Crippen LogP contribution is -1.89. The molecule has 0 aromatic carbocycles. The molecule has 1 aliphatic carbocycles. The first-order valence-corrected chi connectivity index (χ1v) is 3.50. The average molecular weight is 138 g/mol. The summed E-state index contributed by atoms with van der Waals surface area (Å²) in [5, 5.41) is 3.68. The predicted octanol–water partition coefficient (Wildman–Crippen LogP) is 1.44. The van der Waals surface area contributed by atoms with Gasteiger partial charge in [-0.3, -0.25) is 0 Å². The van der Waals surface area contributed by atoms with E-state index in [1.165, 1.54) is 12.8 Å². The van der Waals surface area contributed by atoms with Gasteiger partial charge in [-0.1, -0.05) is 5.16 Å². The Labute approximate surface area is 59.2 Å². The van der Waals surface area contributed by atoms with Crippen LogP contribution in [0.3, 0.4) is 0 Å². The Hall–Kier alpha value is -0.990. The molecule has 1 heterocycles. The zero-order valence-corrected chi connectivity index (χ0v) is 5.92. The third kappa shape index (κ3) is 0.701. The van der Waals surface area contributed by atoms with E-state index < -0.39 is 0 Å². The molecule has 2 N–H and O–H groups in total. The lowest BCUT2D eigenvalue weighted by Gasteiger charge is -1.90. The fraction of sp³-hybridized carbons (Fsp3) is 0.571. The second-order valence-electron chi connectivity index (χ2n) is 2.81. The summed E-state index contributed by atoms with van der Waals surface area (Å²) in [6.45, 7) is 1.91. The van der Waals surface area contributed by atoms with Crippen molar-refractivity contribution in [2.75, 3.05) is 5.73 Å². The van der Waals surface area contributed by atoms with E-state index >= 15 is 0 Å². The first kappa shape index (κ1) is 5.77. The van der Waals surface area contributed by atoms with Gasteiger partial charge in [0, 0.05) is 5.56 Å². The van der Waals surface area contributed by atoms with Crippen LogP contribution in [0.2, 0.25) is 0 Å². The van der Waals surface area contributed by atoms with Crippen LogP contribution in [0.4, 0.5) is 5.82 Å². The van der Waals surface area contributed by atoms with Gasteiger partial charge in [0.1, 0.15) is 5.76 Å². The Balaban J connectivity index is 2.44. The molecule has 0 unspecified atom stereocenters. The number of rotatable bonds is 1. The maximum Gasteiger partial charge on any atom is 0.170 e. The molecule has 2 rings (SSSR count). The molecule has 1 aliphatic rings. The van der Waals surface area contributed by atoms with Gasteiger partial charge in [0.25, 0.3) is 0 Å². The summed E-state index contributed by atoms with van der Waals surface area (Å²) < 4.78 is 4.92. The third-order valence-electron chi connectivity index (χ3n) is 1.92. The van der Waals surface area contributed by atoms with Crippen LogP contribution in [0.15, 0.2) is 4.52 Å². The molecule has 54 valence electrons. The molecule has 3 heteroatoms. The van der Waals surface area contributed by atoms with Gasteiger partial charge in [-0.05, 0) is 25.7 Å². The van der Waals surface area contributed by atoms with Crippen molar-refractivity contribution in [3.63, 3.8) is 0 Å². The minimum absolute atomic E-state index is 0.583. The van der Waals surface area contributed by atoms with Crippen molar-refractivity contribution in [1.29, 1.82) is 0 Å². The maximum atomic E-state index is 5.58. The normalized spacial score (nSPS) is 17.7. The fourth-order valence-corrected chi connectivity index (χ4v) is 1.26. The van der Waals surface area contributed by atoms with E-state index in [1.54, 1.807) is 0 Å². The first-order valence-electron chi connectivity index (χ1n) is 3.50. The lowest BCUT2D eigenvalue weighted by atomic mass is 10.2. The van der Waals surface area contributed by atoms with E-state index in [9.17, 15) is 0 Å². The number of aromatic nitrogens is 1. The quantitative estimate of drug-likeness (QED) is 0.638. The highest BCUT2D eigenvalue weighted by molar-refractivity contribution is 5.44. The molecule has 0 saturated heterocycles.